The van der Waals surface area contributed by atoms with E-state index >= 15 is 0 Å². The second kappa shape index (κ2) is 3.67. The first-order chi connectivity index (χ1) is 7.43. The molecule has 15 heavy (non-hydrogen) atoms. The third-order valence-corrected chi connectivity index (χ3v) is 3.71. The maximum Gasteiger partial charge on any atom is 0.0273 e. The quantitative estimate of drug-likeness (QED) is 0.663. The van der Waals surface area contributed by atoms with Crippen molar-refractivity contribution in [1.29, 1.82) is 0 Å². The minimum absolute atomic E-state index is 1.19. The molecular formula is C14H12S. The highest BCUT2D eigenvalue weighted by atomic mass is 32.1. The third kappa shape index (κ3) is 1.64. The zero-order valence-electron chi connectivity index (χ0n) is 8.44. The van der Waals surface area contributed by atoms with E-state index in [1.165, 1.54) is 34.4 Å². The van der Waals surface area contributed by atoms with E-state index in [1.807, 2.05) is 11.3 Å². The van der Waals surface area contributed by atoms with Crippen molar-refractivity contribution in [1.82, 2.24) is 0 Å². The van der Waals surface area contributed by atoms with Crippen molar-refractivity contribution in [3.8, 4) is 0 Å². The molecule has 0 saturated carbocycles. The van der Waals surface area contributed by atoms with Gasteiger partial charge in [-0.1, -0.05) is 30.3 Å². The van der Waals surface area contributed by atoms with Crippen LogP contribution in [0.1, 0.15) is 22.4 Å². The van der Waals surface area contributed by atoms with Crippen LogP contribution in [0.2, 0.25) is 0 Å². The number of aryl methyl sites for hydroxylation is 1. The molecule has 1 aromatic heterocycles. The van der Waals surface area contributed by atoms with Gasteiger partial charge < -0.3 is 0 Å². The largest absolute Gasteiger partial charge is 0.144 e. The molecule has 3 rings (SSSR count). The number of fused-ring (bicyclic) bond motifs is 1. The summed E-state index contributed by atoms with van der Waals surface area (Å²) in [6.45, 7) is 0. The molecule has 1 heteroatoms. The minimum atomic E-state index is 1.19. The molecule has 0 amide bonds. The van der Waals surface area contributed by atoms with Crippen molar-refractivity contribution in [3.63, 3.8) is 0 Å². The lowest BCUT2D eigenvalue weighted by molar-refractivity contribution is 1.08. The molecule has 1 aromatic carbocycles. The van der Waals surface area contributed by atoms with E-state index in [1.54, 1.807) is 0 Å². The molecule has 0 saturated heterocycles. The number of benzene rings is 1. The summed E-state index contributed by atoms with van der Waals surface area (Å²) < 4.78 is 0. The van der Waals surface area contributed by atoms with Crippen molar-refractivity contribution in [2.45, 2.75) is 12.8 Å². The monoisotopic (exact) mass is 212 g/mol. The smallest absolute Gasteiger partial charge is 0.0273 e. The van der Waals surface area contributed by atoms with Crippen molar-refractivity contribution >= 4 is 23.0 Å². The summed E-state index contributed by atoms with van der Waals surface area (Å²) in [6.07, 6.45) is 4.72. The molecular weight excluding hydrogens is 200 g/mol. The van der Waals surface area contributed by atoms with Crippen LogP contribution in [0.4, 0.5) is 0 Å². The third-order valence-electron chi connectivity index (χ3n) is 2.89. The van der Waals surface area contributed by atoms with Gasteiger partial charge in [-0.05, 0) is 47.1 Å². The van der Waals surface area contributed by atoms with E-state index in [0.29, 0.717) is 0 Å². The van der Waals surface area contributed by atoms with Crippen LogP contribution < -0.4 is 0 Å². The predicted molar refractivity (Wildman–Crippen MR) is 67.0 cm³/mol. The molecule has 0 radical (unpaired) electrons. The molecule has 1 aliphatic rings. The number of hydrogen-bond donors (Lipinski definition) is 0. The van der Waals surface area contributed by atoms with E-state index in [9.17, 15) is 0 Å². The molecule has 0 aliphatic heterocycles. The van der Waals surface area contributed by atoms with E-state index in [2.05, 4.69) is 47.9 Å². The van der Waals surface area contributed by atoms with Crippen LogP contribution in [0.5, 0.6) is 0 Å². The van der Waals surface area contributed by atoms with Gasteiger partial charge in [-0.2, -0.15) is 0 Å². The maximum absolute atomic E-state index is 2.33. The summed E-state index contributed by atoms with van der Waals surface area (Å²) in [5.41, 5.74) is 4.44. The van der Waals surface area contributed by atoms with Crippen LogP contribution >= 0.6 is 11.3 Å². The summed E-state index contributed by atoms with van der Waals surface area (Å²) in [7, 11) is 0. The number of rotatable bonds is 1. The second-order valence-corrected chi connectivity index (χ2v) is 4.82. The first-order valence-corrected chi connectivity index (χ1v) is 6.14. The normalized spacial score (nSPS) is 16.9. The average molecular weight is 212 g/mol. The lowest BCUT2D eigenvalue weighted by atomic mass is 10.1. The van der Waals surface area contributed by atoms with E-state index in [0.717, 1.165) is 0 Å². The Hall–Kier alpha value is -1.34. The van der Waals surface area contributed by atoms with Crippen LogP contribution in [0, 0.1) is 0 Å². The number of allylic oxidation sites excluding steroid dienone is 1. The summed E-state index contributed by atoms with van der Waals surface area (Å²) in [5, 5.41) is 2.13. The van der Waals surface area contributed by atoms with Gasteiger partial charge in [-0.25, -0.2) is 0 Å². The average Bonchev–Trinajstić information content (AvgIpc) is 2.89. The maximum atomic E-state index is 2.33. The van der Waals surface area contributed by atoms with Crippen LogP contribution in [-0.2, 0) is 6.42 Å². The summed E-state index contributed by atoms with van der Waals surface area (Å²) in [4.78, 5) is 1.36. The second-order valence-electron chi connectivity index (χ2n) is 3.84. The first-order valence-electron chi connectivity index (χ1n) is 5.26. The SMILES string of the molecule is C(=C1/CCc2ccccc21)/c1cccs1. The summed E-state index contributed by atoms with van der Waals surface area (Å²) in [5.74, 6) is 0. The van der Waals surface area contributed by atoms with Gasteiger partial charge in [0.1, 0.15) is 0 Å². The first kappa shape index (κ1) is 8.93. The molecule has 0 nitrogen and oxygen atoms in total. The van der Waals surface area contributed by atoms with E-state index in [4.69, 9.17) is 0 Å². The Bertz CT molecular complexity index is 492. The summed E-state index contributed by atoms with van der Waals surface area (Å²) in [6, 6.07) is 13.0. The zero-order chi connectivity index (χ0) is 10.1. The minimum Gasteiger partial charge on any atom is -0.144 e. The molecule has 0 fully saturated rings. The molecule has 0 spiro atoms. The highest BCUT2D eigenvalue weighted by Gasteiger charge is 2.14. The summed E-state index contributed by atoms with van der Waals surface area (Å²) >= 11 is 1.81. The van der Waals surface area contributed by atoms with E-state index < -0.39 is 0 Å². The van der Waals surface area contributed by atoms with Gasteiger partial charge in [0.05, 0.1) is 0 Å². The van der Waals surface area contributed by atoms with Crippen LogP contribution in [0.25, 0.3) is 11.6 Å². The molecule has 0 atom stereocenters. The fourth-order valence-corrected chi connectivity index (χ4v) is 2.83. The Kier molecular flexibility index (Phi) is 2.18. The van der Waals surface area contributed by atoms with Gasteiger partial charge in [0, 0.05) is 4.88 Å². The Morgan fingerprint density at radius 2 is 1.93 bits per heavy atom. The van der Waals surface area contributed by atoms with Gasteiger partial charge in [-0.15, -0.1) is 11.3 Å². The van der Waals surface area contributed by atoms with Crippen molar-refractivity contribution in [2.24, 2.45) is 0 Å². The van der Waals surface area contributed by atoms with Crippen LogP contribution in [0.3, 0.4) is 0 Å². The zero-order valence-corrected chi connectivity index (χ0v) is 9.26. The van der Waals surface area contributed by atoms with Gasteiger partial charge in [0.25, 0.3) is 0 Å². The molecule has 0 N–H and O–H groups in total. The molecule has 1 heterocycles. The molecule has 0 bridgehead atoms. The van der Waals surface area contributed by atoms with Gasteiger partial charge in [0.2, 0.25) is 0 Å². The van der Waals surface area contributed by atoms with Crippen molar-refractivity contribution in [2.75, 3.05) is 0 Å². The Morgan fingerprint density at radius 1 is 1.00 bits per heavy atom. The standard InChI is InChI=1S/C14H12S/c1-2-6-14-11(4-1)7-8-12(14)10-13-5-3-9-15-13/h1-6,9-10H,7-8H2/b12-10+. The number of hydrogen-bond acceptors (Lipinski definition) is 1. The fourth-order valence-electron chi connectivity index (χ4n) is 2.15. The van der Waals surface area contributed by atoms with Crippen molar-refractivity contribution in [3.05, 3.63) is 57.8 Å². The highest BCUT2D eigenvalue weighted by Crippen LogP contribution is 2.33. The predicted octanol–water partition coefficient (Wildman–Crippen LogP) is 4.23. The van der Waals surface area contributed by atoms with Gasteiger partial charge >= 0.3 is 0 Å². The van der Waals surface area contributed by atoms with Crippen LogP contribution in [-0.4, -0.2) is 0 Å². The molecule has 74 valence electrons. The highest BCUT2D eigenvalue weighted by molar-refractivity contribution is 7.10. The van der Waals surface area contributed by atoms with Crippen LogP contribution in [0.15, 0.2) is 41.8 Å². The molecule has 1 aliphatic carbocycles. The van der Waals surface area contributed by atoms with Gasteiger partial charge in [-0.3, -0.25) is 0 Å². The lowest BCUT2D eigenvalue weighted by Gasteiger charge is -1.99. The topological polar surface area (TPSA) is 0 Å². The van der Waals surface area contributed by atoms with Crippen molar-refractivity contribution < 1.29 is 0 Å². The van der Waals surface area contributed by atoms with E-state index in [-0.39, 0.29) is 0 Å². The lowest BCUT2D eigenvalue weighted by Crippen LogP contribution is -1.78. The molecule has 2 aromatic rings. The van der Waals surface area contributed by atoms with Gasteiger partial charge in [0.15, 0.2) is 0 Å². The number of thiophene rings is 1. The molecule has 0 unspecified atom stereocenters. The Balaban J connectivity index is 2.04. The fraction of sp³-hybridized carbons (Fsp3) is 0.143. The Morgan fingerprint density at radius 3 is 2.80 bits per heavy atom. The Labute approximate surface area is 93.9 Å².